The zero-order chi connectivity index (χ0) is 25.9. The van der Waals surface area contributed by atoms with Crippen LogP contribution in [0.1, 0.15) is 52.3 Å². The molecule has 2 heterocycles. The molecule has 0 radical (unpaired) electrons. The van der Waals surface area contributed by atoms with Gasteiger partial charge in [0.05, 0.1) is 25.3 Å². The molecule has 2 N–H and O–H groups in total. The Labute approximate surface area is 205 Å². The molecule has 1 atom stereocenters. The van der Waals surface area contributed by atoms with E-state index in [1.807, 2.05) is 32.0 Å². The number of rotatable bonds is 9. The van der Waals surface area contributed by atoms with Crippen LogP contribution in [0.3, 0.4) is 0 Å². The first-order valence-electron chi connectivity index (χ1n) is 11.6. The summed E-state index contributed by atoms with van der Waals surface area (Å²) in [6.45, 7) is 6.74. The van der Waals surface area contributed by atoms with Crippen LogP contribution in [-0.2, 0) is 14.3 Å². The third-order valence-corrected chi connectivity index (χ3v) is 6.09. The molecule has 0 bridgehead atoms. The molecule has 1 unspecified atom stereocenters. The Hall–Kier alpha value is -3.59. The van der Waals surface area contributed by atoms with Crippen LogP contribution in [0.25, 0.3) is 5.76 Å². The van der Waals surface area contributed by atoms with Crippen molar-refractivity contribution in [2.45, 2.75) is 33.2 Å². The standard InChI is InChI=1S/C26H33N3O6/c1-7-35-18-11-8-10-17(14-18)22-20(24(31)25(32)29(22)13-9-12-28(4)5)23(30)19-15(2)21(26(33)34-6)27-16(19)3/h8,10-11,14,22,27,30H,7,9,12-13H2,1-6H3. The predicted molar refractivity (Wildman–Crippen MR) is 131 cm³/mol. The van der Waals surface area contributed by atoms with Crippen molar-refractivity contribution in [1.82, 2.24) is 14.8 Å². The van der Waals surface area contributed by atoms with Crippen molar-refractivity contribution in [1.29, 1.82) is 0 Å². The van der Waals surface area contributed by atoms with Crippen LogP contribution in [-0.4, -0.2) is 78.5 Å². The van der Waals surface area contributed by atoms with Gasteiger partial charge in [-0.25, -0.2) is 4.79 Å². The fourth-order valence-corrected chi connectivity index (χ4v) is 4.50. The van der Waals surface area contributed by atoms with Crippen LogP contribution in [0.4, 0.5) is 0 Å². The Morgan fingerprint density at radius 1 is 1.23 bits per heavy atom. The minimum Gasteiger partial charge on any atom is -0.507 e. The lowest BCUT2D eigenvalue weighted by Crippen LogP contribution is -2.32. The molecule has 9 nitrogen and oxygen atoms in total. The Kier molecular flexibility index (Phi) is 8.01. The van der Waals surface area contributed by atoms with Crippen molar-refractivity contribution in [3.8, 4) is 5.75 Å². The van der Waals surface area contributed by atoms with Crippen molar-refractivity contribution >= 4 is 23.4 Å². The van der Waals surface area contributed by atoms with Gasteiger partial charge in [0.15, 0.2) is 0 Å². The number of nitrogens with zero attached hydrogens (tertiary/aromatic N) is 2. The maximum absolute atomic E-state index is 13.3. The number of ketones is 1. The summed E-state index contributed by atoms with van der Waals surface area (Å²) in [6, 6.07) is 6.38. The molecule has 3 rings (SSSR count). The number of hydrogen-bond donors (Lipinski definition) is 2. The number of ether oxygens (including phenoxy) is 2. The average molecular weight is 484 g/mol. The summed E-state index contributed by atoms with van der Waals surface area (Å²) in [4.78, 5) is 45.0. The highest BCUT2D eigenvalue weighted by molar-refractivity contribution is 6.46. The smallest absolute Gasteiger partial charge is 0.354 e. The van der Waals surface area contributed by atoms with Crippen LogP contribution in [0.5, 0.6) is 5.75 Å². The van der Waals surface area contributed by atoms with Crippen molar-refractivity contribution in [2.75, 3.05) is 40.9 Å². The second-order valence-corrected chi connectivity index (χ2v) is 8.77. The Morgan fingerprint density at radius 3 is 2.57 bits per heavy atom. The molecule has 1 aliphatic rings. The molecule has 0 aliphatic carbocycles. The number of aliphatic hydroxyl groups is 1. The lowest BCUT2D eigenvalue weighted by Gasteiger charge is -2.26. The number of nitrogens with one attached hydrogen (secondary N) is 1. The van der Waals surface area contributed by atoms with Crippen LogP contribution in [0, 0.1) is 13.8 Å². The molecule has 1 amide bonds. The van der Waals surface area contributed by atoms with E-state index in [0.29, 0.717) is 47.7 Å². The highest BCUT2D eigenvalue weighted by Gasteiger charge is 2.46. The fraction of sp³-hybridized carbons (Fsp3) is 0.423. The Morgan fingerprint density at radius 2 is 1.94 bits per heavy atom. The lowest BCUT2D eigenvalue weighted by molar-refractivity contribution is -0.139. The molecule has 1 saturated heterocycles. The number of likely N-dealkylation sites (tertiary alicyclic amines) is 1. The third-order valence-electron chi connectivity index (χ3n) is 6.09. The van der Waals surface area contributed by atoms with Crippen LogP contribution < -0.4 is 4.74 Å². The highest BCUT2D eigenvalue weighted by atomic mass is 16.5. The first-order chi connectivity index (χ1) is 16.6. The van der Waals surface area contributed by atoms with Crippen LogP contribution in [0.2, 0.25) is 0 Å². The van der Waals surface area contributed by atoms with Gasteiger partial charge >= 0.3 is 5.97 Å². The number of amides is 1. The Bertz CT molecular complexity index is 1160. The maximum Gasteiger partial charge on any atom is 0.354 e. The van der Waals surface area contributed by atoms with E-state index in [1.165, 1.54) is 12.0 Å². The largest absolute Gasteiger partial charge is 0.507 e. The van der Waals surface area contributed by atoms with E-state index in [9.17, 15) is 19.5 Å². The van der Waals surface area contributed by atoms with E-state index in [4.69, 9.17) is 9.47 Å². The van der Waals surface area contributed by atoms with Gasteiger partial charge in [-0.3, -0.25) is 9.59 Å². The van der Waals surface area contributed by atoms with Crippen molar-refractivity contribution in [2.24, 2.45) is 0 Å². The molecule has 1 aromatic carbocycles. The molecule has 0 saturated carbocycles. The van der Waals surface area contributed by atoms with Gasteiger partial charge in [-0.2, -0.15) is 0 Å². The zero-order valence-corrected chi connectivity index (χ0v) is 21.1. The van der Waals surface area contributed by atoms with Gasteiger partial charge in [-0.1, -0.05) is 12.1 Å². The molecule has 1 fully saturated rings. The summed E-state index contributed by atoms with van der Waals surface area (Å²) in [5.41, 5.74) is 2.05. The SMILES string of the molecule is CCOc1cccc(C2C(=C(O)c3c(C)[nH]c(C(=O)OC)c3C)C(=O)C(=O)N2CCCN(C)C)c1. The Balaban J connectivity index is 2.19. The predicted octanol–water partition coefficient (Wildman–Crippen LogP) is 3.19. The normalized spacial score (nSPS) is 17.3. The number of aromatic amines is 1. The monoisotopic (exact) mass is 483 g/mol. The number of aryl methyl sites for hydroxylation is 1. The molecule has 1 aliphatic heterocycles. The number of carbonyl (C=O) groups is 3. The van der Waals surface area contributed by atoms with Gasteiger partial charge < -0.3 is 29.4 Å². The molecule has 35 heavy (non-hydrogen) atoms. The molecule has 2 aromatic rings. The van der Waals surface area contributed by atoms with Crippen molar-refractivity contribution < 1.29 is 29.0 Å². The van der Waals surface area contributed by atoms with Gasteiger partial charge in [0.2, 0.25) is 0 Å². The minimum absolute atomic E-state index is 0.0184. The molecule has 1 aromatic heterocycles. The van der Waals surface area contributed by atoms with E-state index in [0.717, 1.165) is 6.54 Å². The number of esters is 1. The summed E-state index contributed by atoms with van der Waals surface area (Å²) >= 11 is 0. The maximum atomic E-state index is 13.3. The summed E-state index contributed by atoms with van der Waals surface area (Å²) in [5.74, 6) is -1.75. The van der Waals surface area contributed by atoms with E-state index in [2.05, 4.69) is 4.98 Å². The van der Waals surface area contributed by atoms with Crippen molar-refractivity contribution in [3.05, 3.63) is 57.9 Å². The fourth-order valence-electron chi connectivity index (χ4n) is 4.50. The molecular weight excluding hydrogens is 450 g/mol. The van der Waals surface area contributed by atoms with Gasteiger partial charge in [-0.05, 0) is 71.1 Å². The lowest BCUT2D eigenvalue weighted by atomic mass is 9.94. The first-order valence-corrected chi connectivity index (χ1v) is 11.6. The van der Waals surface area contributed by atoms with E-state index in [-0.39, 0.29) is 17.0 Å². The van der Waals surface area contributed by atoms with Gasteiger partial charge in [0.1, 0.15) is 17.2 Å². The minimum atomic E-state index is -0.798. The molecular formula is C26H33N3O6. The summed E-state index contributed by atoms with van der Waals surface area (Å²) < 4.78 is 10.5. The molecule has 0 spiro atoms. The highest BCUT2D eigenvalue weighted by Crippen LogP contribution is 2.41. The molecule has 9 heteroatoms. The molecule has 188 valence electrons. The summed E-state index contributed by atoms with van der Waals surface area (Å²) in [6.07, 6.45) is 0.649. The number of Topliss-reactive ketones (excluding diaryl/α,β-unsaturated/α-hetero) is 1. The van der Waals surface area contributed by atoms with E-state index >= 15 is 0 Å². The number of carbonyl (C=O) groups excluding carboxylic acids is 3. The van der Waals surface area contributed by atoms with Crippen LogP contribution >= 0.6 is 0 Å². The number of H-pyrrole nitrogens is 1. The number of methoxy groups -OCH3 is 1. The average Bonchev–Trinajstić information content (AvgIpc) is 3.25. The van der Waals surface area contributed by atoms with Gasteiger partial charge in [-0.15, -0.1) is 0 Å². The van der Waals surface area contributed by atoms with Gasteiger partial charge in [0, 0.05) is 17.8 Å². The third kappa shape index (κ3) is 5.09. The van der Waals surface area contributed by atoms with Crippen molar-refractivity contribution in [3.63, 3.8) is 0 Å². The summed E-state index contributed by atoms with van der Waals surface area (Å²) in [5, 5.41) is 11.4. The second kappa shape index (κ2) is 10.8. The van der Waals surface area contributed by atoms with Gasteiger partial charge in [0.25, 0.3) is 11.7 Å². The van der Waals surface area contributed by atoms with E-state index < -0.39 is 23.7 Å². The topological polar surface area (TPSA) is 112 Å². The first kappa shape index (κ1) is 26.0. The quantitative estimate of drug-likeness (QED) is 0.244. The zero-order valence-electron chi connectivity index (χ0n) is 21.1. The number of aromatic nitrogens is 1. The summed E-state index contributed by atoms with van der Waals surface area (Å²) in [7, 11) is 5.14. The number of hydrogen-bond acceptors (Lipinski definition) is 7. The second-order valence-electron chi connectivity index (χ2n) is 8.77. The number of aliphatic hydroxyl groups excluding tert-OH is 1. The van der Waals surface area contributed by atoms with Crippen LogP contribution in [0.15, 0.2) is 29.8 Å². The van der Waals surface area contributed by atoms with E-state index in [1.54, 1.807) is 32.0 Å². The number of benzene rings is 1.